The lowest BCUT2D eigenvalue weighted by molar-refractivity contribution is 0.448. The third-order valence-corrected chi connectivity index (χ3v) is 4.87. The molecule has 3 heteroatoms. The number of aryl methyl sites for hydroxylation is 1. The van der Waals surface area contributed by atoms with Gasteiger partial charge in [0.15, 0.2) is 0 Å². The van der Waals surface area contributed by atoms with E-state index in [0.29, 0.717) is 0 Å². The van der Waals surface area contributed by atoms with Crippen LogP contribution in [0, 0.1) is 5.92 Å². The number of thiazole rings is 1. The van der Waals surface area contributed by atoms with Gasteiger partial charge in [-0.05, 0) is 31.6 Å². The van der Waals surface area contributed by atoms with E-state index in [9.17, 15) is 0 Å². The van der Waals surface area contributed by atoms with E-state index in [1.54, 1.807) is 0 Å². The lowest BCUT2D eigenvalue weighted by Crippen LogP contribution is -2.27. The van der Waals surface area contributed by atoms with Crippen molar-refractivity contribution in [3.05, 3.63) is 16.1 Å². The minimum atomic E-state index is 0.729. The molecule has 2 unspecified atom stereocenters. The van der Waals surface area contributed by atoms with Gasteiger partial charge in [0.1, 0.15) is 0 Å². The van der Waals surface area contributed by atoms with Crippen LogP contribution in [0.15, 0.2) is 6.20 Å². The fraction of sp³-hybridized carbons (Fsp3) is 0.786. The summed E-state index contributed by atoms with van der Waals surface area (Å²) in [5, 5.41) is 4.97. The summed E-state index contributed by atoms with van der Waals surface area (Å²) < 4.78 is 0. The maximum atomic E-state index is 4.41. The van der Waals surface area contributed by atoms with Crippen LogP contribution in [-0.4, -0.2) is 11.0 Å². The molecule has 1 aliphatic rings. The molecule has 1 fully saturated rings. The summed E-state index contributed by atoms with van der Waals surface area (Å²) >= 11 is 1.85. The molecule has 2 rings (SSSR count). The van der Waals surface area contributed by atoms with Crippen LogP contribution in [-0.2, 0) is 13.0 Å². The van der Waals surface area contributed by atoms with E-state index in [2.05, 4.69) is 24.1 Å². The lowest BCUT2D eigenvalue weighted by Gasteiger charge is -2.15. The molecule has 96 valence electrons. The van der Waals surface area contributed by atoms with E-state index in [0.717, 1.165) is 24.9 Å². The van der Waals surface area contributed by atoms with Crippen molar-refractivity contribution in [3.63, 3.8) is 0 Å². The molecule has 0 amide bonds. The van der Waals surface area contributed by atoms with Gasteiger partial charge in [0.25, 0.3) is 0 Å². The second-order valence-corrected chi connectivity index (χ2v) is 6.46. The van der Waals surface area contributed by atoms with Gasteiger partial charge in [-0.15, -0.1) is 11.3 Å². The van der Waals surface area contributed by atoms with Crippen molar-refractivity contribution in [2.24, 2.45) is 5.92 Å². The fourth-order valence-electron chi connectivity index (χ4n) is 2.53. The van der Waals surface area contributed by atoms with Gasteiger partial charge in [-0.1, -0.05) is 26.7 Å². The van der Waals surface area contributed by atoms with Crippen molar-refractivity contribution < 1.29 is 0 Å². The fourth-order valence-corrected chi connectivity index (χ4v) is 3.34. The van der Waals surface area contributed by atoms with Crippen LogP contribution in [0.2, 0.25) is 0 Å². The van der Waals surface area contributed by atoms with E-state index in [1.165, 1.54) is 42.0 Å². The summed E-state index contributed by atoms with van der Waals surface area (Å²) in [6.07, 6.45) is 9.99. The molecule has 2 atom stereocenters. The van der Waals surface area contributed by atoms with Crippen molar-refractivity contribution in [1.82, 2.24) is 10.3 Å². The van der Waals surface area contributed by atoms with E-state index in [1.807, 2.05) is 17.5 Å². The zero-order chi connectivity index (χ0) is 12.1. The number of hydrogen-bond acceptors (Lipinski definition) is 3. The Morgan fingerprint density at radius 1 is 1.35 bits per heavy atom. The summed E-state index contributed by atoms with van der Waals surface area (Å²) in [5.41, 5.74) is 0. The van der Waals surface area contributed by atoms with E-state index < -0.39 is 0 Å². The normalized spacial score (nSPS) is 25.8. The van der Waals surface area contributed by atoms with Crippen molar-refractivity contribution in [1.29, 1.82) is 0 Å². The Hall–Kier alpha value is -0.410. The highest BCUT2D eigenvalue weighted by atomic mass is 32.1. The second kappa shape index (κ2) is 6.50. The van der Waals surface area contributed by atoms with Gasteiger partial charge in [-0.3, -0.25) is 0 Å². The van der Waals surface area contributed by atoms with Crippen LogP contribution in [0.4, 0.5) is 0 Å². The molecule has 1 N–H and O–H groups in total. The first kappa shape index (κ1) is 13.0. The number of nitrogens with one attached hydrogen (secondary N) is 1. The quantitative estimate of drug-likeness (QED) is 0.825. The van der Waals surface area contributed by atoms with Crippen LogP contribution in [0.25, 0.3) is 0 Å². The third kappa shape index (κ3) is 4.07. The smallest absolute Gasteiger partial charge is 0.0925 e. The predicted octanol–water partition coefficient (Wildman–Crippen LogP) is 3.76. The average Bonchev–Trinajstić information content (AvgIpc) is 2.70. The highest BCUT2D eigenvalue weighted by Gasteiger charge is 2.15. The van der Waals surface area contributed by atoms with Crippen molar-refractivity contribution in [2.75, 3.05) is 0 Å². The second-order valence-electron chi connectivity index (χ2n) is 5.27. The molecule has 0 aliphatic heterocycles. The lowest BCUT2D eigenvalue weighted by atomic mass is 10.0. The molecule has 1 aromatic rings. The summed E-state index contributed by atoms with van der Waals surface area (Å²) in [5.74, 6) is 0.928. The van der Waals surface area contributed by atoms with E-state index in [4.69, 9.17) is 0 Å². The molecule has 0 saturated heterocycles. The van der Waals surface area contributed by atoms with Crippen molar-refractivity contribution in [2.45, 2.75) is 65.0 Å². The number of hydrogen-bond donors (Lipinski definition) is 1. The Morgan fingerprint density at radius 3 is 3.00 bits per heavy atom. The molecular weight excluding hydrogens is 228 g/mol. The maximum Gasteiger partial charge on any atom is 0.0925 e. The van der Waals surface area contributed by atoms with Gasteiger partial charge in [-0.25, -0.2) is 4.98 Å². The number of aromatic nitrogens is 1. The SMILES string of the molecule is CCc1ncc(CNC2CCCC(C)CC2)s1. The number of nitrogens with zero attached hydrogens (tertiary/aromatic N) is 1. The summed E-state index contributed by atoms with van der Waals surface area (Å²) in [6, 6.07) is 0.729. The van der Waals surface area contributed by atoms with Gasteiger partial charge in [0, 0.05) is 23.7 Å². The van der Waals surface area contributed by atoms with Crippen molar-refractivity contribution in [3.8, 4) is 0 Å². The first-order valence-electron chi connectivity index (χ1n) is 6.95. The van der Waals surface area contributed by atoms with E-state index >= 15 is 0 Å². The molecule has 0 radical (unpaired) electrons. The average molecular weight is 252 g/mol. The van der Waals surface area contributed by atoms with Crippen LogP contribution >= 0.6 is 11.3 Å². The molecule has 0 aromatic carbocycles. The monoisotopic (exact) mass is 252 g/mol. The van der Waals surface area contributed by atoms with Gasteiger partial charge < -0.3 is 5.32 Å². The topological polar surface area (TPSA) is 24.9 Å². The van der Waals surface area contributed by atoms with Gasteiger partial charge in [-0.2, -0.15) is 0 Å². The Morgan fingerprint density at radius 2 is 2.24 bits per heavy atom. The molecule has 0 bridgehead atoms. The molecule has 1 aliphatic carbocycles. The Balaban J connectivity index is 1.77. The van der Waals surface area contributed by atoms with Gasteiger partial charge in [0.05, 0.1) is 5.01 Å². The van der Waals surface area contributed by atoms with Crippen molar-refractivity contribution >= 4 is 11.3 Å². The predicted molar refractivity (Wildman–Crippen MR) is 74.4 cm³/mol. The van der Waals surface area contributed by atoms with Gasteiger partial charge >= 0.3 is 0 Å². The first-order chi connectivity index (χ1) is 8.28. The summed E-state index contributed by atoms with van der Waals surface area (Å²) in [7, 11) is 0. The summed E-state index contributed by atoms with van der Waals surface area (Å²) in [6.45, 7) is 5.57. The van der Waals surface area contributed by atoms with Crippen LogP contribution in [0.5, 0.6) is 0 Å². The first-order valence-corrected chi connectivity index (χ1v) is 7.76. The van der Waals surface area contributed by atoms with Crippen LogP contribution in [0.1, 0.15) is 55.8 Å². The molecule has 1 aromatic heterocycles. The largest absolute Gasteiger partial charge is 0.309 e. The minimum absolute atomic E-state index is 0.729. The zero-order valence-electron chi connectivity index (χ0n) is 11.0. The standard InChI is InChI=1S/C14H24N2S/c1-3-14-16-10-13(17-14)9-15-12-6-4-5-11(2)7-8-12/h10-12,15H,3-9H2,1-2H3. The highest BCUT2D eigenvalue weighted by molar-refractivity contribution is 7.11. The Kier molecular flexibility index (Phi) is 4.99. The van der Waals surface area contributed by atoms with Gasteiger partial charge in [0.2, 0.25) is 0 Å². The molecule has 0 spiro atoms. The molecule has 2 nitrogen and oxygen atoms in total. The molecule has 17 heavy (non-hydrogen) atoms. The number of rotatable bonds is 4. The minimum Gasteiger partial charge on any atom is -0.309 e. The Bertz CT molecular complexity index is 335. The third-order valence-electron chi connectivity index (χ3n) is 3.73. The van der Waals surface area contributed by atoms with Crippen LogP contribution < -0.4 is 5.32 Å². The summed E-state index contributed by atoms with van der Waals surface area (Å²) in [4.78, 5) is 5.80. The molecular formula is C14H24N2S. The van der Waals surface area contributed by atoms with E-state index in [-0.39, 0.29) is 0 Å². The van der Waals surface area contributed by atoms with Crippen LogP contribution in [0.3, 0.4) is 0 Å². The molecule has 1 saturated carbocycles. The maximum absolute atomic E-state index is 4.41. The Labute approximate surface area is 109 Å². The zero-order valence-corrected chi connectivity index (χ0v) is 11.9. The highest BCUT2D eigenvalue weighted by Crippen LogP contribution is 2.23. The molecule has 1 heterocycles.